The number of pyridine rings is 2. The van der Waals surface area contributed by atoms with Gasteiger partial charge in [0.05, 0.1) is 6.61 Å². The largest absolute Gasteiger partial charge is 0.475 e. The summed E-state index contributed by atoms with van der Waals surface area (Å²) in [5, 5.41) is 0. The minimum atomic E-state index is -1.38. The third-order valence-electron chi connectivity index (χ3n) is 2.18. The lowest BCUT2D eigenvalue weighted by Crippen LogP contribution is -2.07. The number of nitrogens with zero attached hydrogens (tertiary/aromatic N) is 2. The number of hydrogen-bond donors (Lipinski definition) is 0. The fourth-order valence-electron chi connectivity index (χ4n) is 1.33. The van der Waals surface area contributed by atoms with Gasteiger partial charge in [-0.2, -0.15) is 9.37 Å². The summed E-state index contributed by atoms with van der Waals surface area (Å²) in [6, 6.07) is 5.75. The van der Waals surface area contributed by atoms with Gasteiger partial charge in [0.25, 0.3) is 11.8 Å². The van der Waals surface area contributed by atoms with Crippen molar-refractivity contribution in [3.63, 3.8) is 0 Å². The van der Waals surface area contributed by atoms with Crippen LogP contribution in [-0.2, 0) is 6.42 Å². The third kappa shape index (κ3) is 2.97. The van der Waals surface area contributed by atoms with Gasteiger partial charge in [-0.05, 0) is 12.1 Å². The molecule has 2 rings (SSSR count). The molecule has 0 saturated heterocycles. The molecule has 0 N–H and O–H groups in total. The second-order valence-corrected chi connectivity index (χ2v) is 3.47. The van der Waals surface area contributed by atoms with Gasteiger partial charge in [-0.25, -0.2) is 8.78 Å². The van der Waals surface area contributed by atoms with E-state index in [2.05, 4.69) is 9.97 Å². The van der Waals surface area contributed by atoms with Crippen LogP contribution in [0, 0.1) is 17.6 Å². The predicted molar refractivity (Wildman–Crippen MR) is 57.5 cm³/mol. The molecule has 3 nitrogen and oxygen atoms in total. The van der Waals surface area contributed by atoms with Crippen molar-refractivity contribution in [1.29, 1.82) is 0 Å². The molecule has 2 heterocycles. The number of ether oxygens (including phenoxy) is 1. The summed E-state index contributed by atoms with van der Waals surface area (Å²) in [5.41, 5.74) is 0.750. The highest BCUT2D eigenvalue weighted by Gasteiger charge is 2.12. The average molecular weight is 254 g/mol. The first-order valence-electron chi connectivity index (χ1n) is 5.21. The molecule has 0 spiro atoms. The first kappa shape index (κ1) is 12.3. The van der Waals surface area contributed by atoms with E-state index in [1.807, 2.05) is 0 Å². The Morgan fingerprint density at radius 2 is 1.94 bits per heavy atom. The highest BCUT2D eigenvalue weighted by atomic mass is 19.2. The van der Waals surface area contributed by atoms with Gasteiger partial charge in [0.1, 0.15) is 0 Å². The highest BCUT2D eigenvalue weighted by molar-refractivity contribution is 5.15. The fraction of sp³-hybridized carbons (Fsp3) is 0.167. The Bertz CT molecular complexity index is 534. The summed E-state index contributed by atoms with van der Waals surface area (Å²) in [7, 11) is 0. The van der Waals surface area contributed by atoms with Crippen LogP contribution in [0.15, 0.2) is 30.5 Å². The zero-order chi connectivity index (χ0) is 13.0. The van der Waals surface area contributed by atoms with Crippen LogP contribution in [0.1, 0.15) is 5.69 Å². The summed E-state index contributed by atoms with van der Waals surface area (Å²) in [4.78, 5) is 7.08. The number of aromatic nitrogens is 2. The number of halogens is 3. The minimum Gasteiger partial charge on any atom is -0.475 e. The molecule has 0 saturated carbocycles. The van der Waals surface area contributed by atoms with Crippen LogP contribution in [0.3, 0.4) is 0 Å². The van der Waals surface area contributed by atoms with Crippen LogP contribution in [0.25, 0.3) is 0 Å². The molecule has 0 fully saturated rings. The van der Waals surface area contributed by atoms with E-state index in [4.69, 9.17) is 4.74 Å². The summed E-state index contributed by atoms with van der Waals surface area (Å²) in [5.74, 6) is -4.31. The van der Waals surface area contributed by atoms with Gasteiger partial charge in [-0.1, -0.05) is 6.07 Å². The van der Waals surface area contributed by atoms with Crippen molar-refractivity contribution < 1.29 is 17.9 Å². The number of hydrogen-bond acceptors (Lipinski definition) is 3. The lowest BCUT2D eigenvalue weighted by Gasteiger charge is -2.06. The fourth-order valence-corrected chi connectivity index (χ4v) is 1.33. The van der Waals surface area contributed by atoms with Gasteiger partial charge in [0, 0.05) is 24.4 Å². The highest BCUT2D eigenvalue weighted by Crippen LogP contribution is 2.16. The lowest BCUT2D eigenvalue weighted by atomic mass is 10.3. The van der Waals surface area contributed by atoms with Crippen LogP contribution in [-0.4, -0.2) is 16.6 Å². The standard InChI is InChI=1S/C12H9F3N2O/c13-9-7-10(14)12(17-11(9)15)18-6-4-8-3-1-2-5-16-8/h1-3,5,7H,4,6H2. The van der Waals surface area contributed by atoms with Crippen molar-refractivity contribution in [3.8, 4) is 5.88 Å². The van der Waals surface area contributed by atoms with Crippen LogP contribution >= 0.6 is 0 Å². The molecule has 0 aliphatic heterocycles. The molecular weight excluding hydrogens is 245 g/mol. The Kier molecular flexibility index (Phi) is 3.76. The molecule has 0 amide bonds. The van der Waals surface area contributed by atoms with E-state index >= 15 is 0 Å². The first-order chi connectivity index (χ1) is 8.66. The zero-order valence-electron chi connectivity index (χ0n) is 9.24. The van der Waals surface area contributed by atoms with E-state index in [1.54, 1.807) is 24.4 Å². The topological polar surface area (TPSA) is 35.0 Å². The zero-order valence-corrected chi connectivity index (χ0v) is 9.24. The molecular formula is C12H9F3N2O. The van der Waals surface area contributed by atoms with Crippen LogP contribution < -0.4 is 4.74 Å². The normalized spacial score (nSPS) is 10.4. The predicted octanol–water partition coefficient (Wildman–Crippen LogP) is 2.52. The molecule has 0 aliphatic carbocycles. The van der Waals surface area contributed by atoms with Crippen LogP contribution in [0.5, 0.6) is 5.88 Å². The SMILES string of the molecule is Fc1cc(F)c(OCCc2ccccn2)nc1F. The van der Waals surface area contributed by atoms with E-state index < -0.39 is 23.5 Å². The summed E-state index contributed by atoms with van der Waals surface area (Å²) in [6.07, 6.45) is 2.03. The quantitative estimate of drug-likeness (QED) is 0.786. The van der Waals surface area contributed by atoms with Crippen molar-refractivity contribution in [2.75, 3.05) is 6.61 Å². The van der Waals surface area contributed by atoms with Gasteiger partial charge in [0.2, 0.25) is 0 Å². The summed E-state index contributed by atoms with van der Waals surface area (Å²) in [6.45, 7) is 0.0754. The second-order valence-electron chi connectivity index (χ2n) is 3.47. The molecule has 18 heavy (non-hydrogen) atoms. The Balaban J connectivity index is 1.97. The smallest absolute Gasteiger partial charge is 0.253 e. The van der Waals surface area contributed by atoms with Crippen molar-refractivity contribution in [2.24, 2.45) is 0 Å². The van der Waals surface area contributed by atoms with Gasteiger partial charge < -0.3 is 4.74 Å². The van der Waals surface area contributed by atoms with Gasteiger partial charge in [-0.3, -0.25) is 4.98 Å². The molecule has 0 atom stereocenters. The van der Waals surface area contributed by atoms with E-state index in [0.29, 0.717) is 12.5 Å². The molecule has 0 bridgehead atoms. The van der Waals surface area contributed by atoms with Crippen molar-refractivity contribution in [1.82, 2.24) is 9.97 Å². The Morgan fingerprint density at radius 1 is 1.11 bits per heavy atom. The van der Waals surface area contributed by atoms with Crippen molar-refractivity contribution in [3.05, 3.63) is 53.7 Å². The third-order valence-corrected chi connectivity index (χ3v) is 2.18. The van der Waals surface area contributed by atoms with Gasteiger partial charge in [0.15, 0.2) is 11.6 Å². The molecule has 0 aromatic carbocycles. The van der Waals surface area contributed by atoms with E-state index in [-0.39, 0.29) is 6.61 Å². The summed E-state index contributed by atoms with van der Waals surface area (Å²) < 4.78 is 43.5. The Labute approximate surface area is 101 Å². The lowest BCUT2D eigenvalue weighted by molar-refractivity contribution is 0.281. The maximum absolute atomic E-state index is 13.1. The molecule has 6 heteroatoms. The minimum absolute atomic E-state index is 0.0754. The maximum atomic E-state index is 13.1. The second kappa shape index (κ2) is 5.48. The summed E-state index contributed by atoms with van der Waals surface area (Å²) >= 11 is 0. The van der Waals surface area contributed by atoms with Crippen LogP contribution in [0.2, 0.25) is 0 Å². The van der Waals surface area contributed by atoms with E-state index in [1.165, 1.54) is 0 Å². The molecule has 0 radical (unpaired) electrons. The van der Waals surface area contributed by atoms with E-state index in [0.717, 1.165) is 5.69 Å². The molecule has 2 aromatic heterocycles. The molecule has 0 unspecified atom stereocenters. The average Bonchev–Trinajstić information content (AvgIpc) is 2.37. The monoisotopic (exact) mass is 254 g/mol. The molecule has 2 aromatic rings. The number of rotatable bonds is 4. The Hall–Kier alpha value is -2.11. The van der Waals surface area contributed by atoms with Crippen molar-refractivity contribution in [2.45, 2.75) is 6.42 Å². The molecule has 0 aliphatic rings. The molecule has 94 valence electrons. The van der Waals surface area contributed by atoms with E-state index in [9.17, 15) is 13.2 Å². The van der Waals surface area contributed by atoms with Crippen molar-refractivity contribution >= 4 is 0 Å². The first-order valence-corrected chi connectivity index (χ1v) is 5.21. The van der Waals surface area contributed by atoms with Gasteiger partial charge in [-0.15, -0.1) is 0 Å². The van der Waals surface area contributed by atoms with Gasteiger partial charge >= 0.3 is 0 Å². The Morgan fingerprint density at radius 3 is 2.67 bits per heavy atom. The van der Waals surface area contributed by atoms with Crippen LogP contribution in [0.4, 0.5) is 13.2 Å². The maximum Gasteiger partial charge on any atom is 0.253 e.